The first-order chi connectivity index (χ1) is 24.0. The number of carbonyl (C=O) groups is 5. The van der Waals surface area contributed by atoms with Gasteiger partial charge in [0.05, 0.1) is 29.7 Å². The first-order valence-corrected chi connectivity index (χ1v) is 18.3. The highest BCUT2D eigenvalue weighted by Gasteiger charge is 2.32. The molecule has 2 amide bonds. The smallest absolute Gasteiger partial charge is 0.316 e. The van der Waals surface area contributed by atoms with E-state index in [9.17, 15) is 24.0 Å². The molecule has 278 valence electrons. The van der Waals surface area contributed by atoms with Crippen molar-refractivity contribution in [1.82, 2.24) is 20.5 Å². The molecule has 0 aliphatic carbocycles. The van der Waals surface area contributed by atoms with Crippen molar-refractivity contribution in [3.05, 3.63) is 59.4 Å². The monoisotopic (exact) mass is 704 g/mol. The van der Waals surface area contributed by atoms with Crippen molar-refractivity contribution in [2.45, 2.75) is 111 Å². The van der Waals surface area contributed by atoms with Gasteiger partial charge < -0.3 is 25.0 Å². The fraction of sp³-hybridized carbons (Fsp3) is 0.600. The molecule has 0 saturated carbocycles. The van der Waals surface area contributed by atoms with Gasteiger partial charge in [-0.1, -0.05) is 12.1 Å². The summed E-state index contributed by atoms with van der Waals surface area (Å²) in [5.74, 6) is -1.51. The highest BCUT2D eigenvalue weighted by atomic mass is 16.6. The summed E-state index contributed by atoms with van der Waals surface area (Å²) in [7, 11) is 0. The van der Waals surface area contributed by atoms with Crippen molar-refractivity contribution in [3.63, 3.8) is 0 Å². The van der Waals surface area contributed by atoms with Crippen LogP contribution >= 0.6 is 0 Å². The SMILES string of the molecule is CC(=O)C(c1cccc(OC(=O)C(C)(C)C)c1)c1cncc([C@H](CC(=O)OC(C)(C)C)NC(=O)[C@@H]2CCCN(C(=O)CCC3CCNCC3)C2)c1. The van der Waals surface area contributed by atoms with E-state index in [-0.39, 0.29) is 24.0 Å². The maximum absolute atomic E-state index is 13.8. The van der Waals surface area contributed by atoms with Crippen LogP contribution in [0.4, 0.5) is 0 Å². The number of amides is 2. The molecular weight excluding hydrogens is 648 g/mol. The van der Waals surface area contributed by atoms with E-state index in [1.54, 1.807) is 84.3 Å². The van der Waals surface area contributed by atoms with E-state index in [0.29, 0.717) is 54.3 Å². The number of ether oxygens (including phenoxy) is 2. The van der Waals surface area contributed by atoms with Gasteiger partial charge in [-0.25, -0.2) is 0 Å². The largest absolute Gasteiger partial charge is 0.460 e. The van der Waals surface area contributed by atoms with Crippen LogP contribution in [0.25, 0.3) is 0 Å². The Morgan fingerprint density at radius 1 is 0.961 bits per heavy atom. The summed E-state index contributed by atoms with van der Waals surface area (Å²) in [6, 6.07) is 7.84. The van der Waals surface area contributed by atoms with E-state index >= 15 is 0 Å². The maximum atomic E-state index is 13.8. The number of Topliss-reactive ketones (excluding diaryl/α,β-unsaturated/α-hetero) is 1. The standard InChI is InChI=1S/C40H56N4O7/c1-26(45)36(28-10-8-12-32(21-28)50-38(49)39(2,3)4)31-20-30(23-42-24-31)33(22-35(47)51-40(5,6)7)43-37(48)29-11-9-19-44(25-29)34(46)14-13-27-15-17-41-18-16-27/h8,10,12,20-21,23-24,27,29,33,36,41H,9,11,13-19,22,25H2,1-7H3,(H,43,48)/t29-,33+,36?/m1/s1. The second-order valence-corrected chi connectivity index (χ2v) is 16.1. The molecule has 0 radical (unpaired) electrons. The summed E-state index contributed by atoms with van der Waals surface area (Å²) in [4.78, 5) is 72.1. The highest BCUT2D eigenvalue weighted by Crippen LogP contribution is 2.32. The first-order valence-electron chi connectivity index (χ1n) is 18.3. The second-order valence-electron chi connectivity index (χ2n) is 16.1. The third-order valence-corrected chi connectivity index (χ3v) is 9.41. The topological polar surface area (TPSA) is 144 Å². The van der Waals surface area contributed by atoms with E-state index in [1.807, 2.05) is 4.90 Å². The van der Waals surface area contributed by atoms with Crippen molar-refractivity contribution in [2.24, 2.45) is 17.3 Å². The Morgan fingerprint density at radius 3 is 2.33 bits per heavy atom. The van der Waals surface area contributed by atoms with Crippen molar-refractivity contribution < 1.29 is 33.4 Å². The minimum Gasteiger partial charge on any atom is -0.460 e. The minimum absolute atomic E-state index is 0.0840. The molecular formula is C40H56N4O7. The highest BCUT2D eigenvalue weighted by molar-refractivity contribution is 5.87. The van der Waals surface area contributed by atoms with Crippen LogP contribution in [-0.4, -0.2) is 71.2 Å². The number of nitrogens with one attached hydrogen (secondary N) is 2. The summed E-state index contributed by atoms with van der Waals surface area (Å²) in [5, 5.41) is 6.44. The van der Waals surface area contributed by atoms with Gasteiger partial charge in [-0.15, -0.1) is 0 Å². The van der Waals surface area contributed by atoms with Gasteiger partial charge in [-0.05, 0) is 134 Å². The molecule has 0 bridgehead atoms. The number of carbonyl (C=O) groups excluding carboxylic acids is 5. The number of likely N-dealkylation sites (tertiary alicyclic amines) is 1. The summed E-state index contributed by atoms with van der Waals surface area (Å²) in [5.41, 5.74) is 0.274. The number of hydrogen-bond acceptors (Lipinski definition) is 9. The van der Waals surface area contributed by atoms with E-state index < -0.39 is 40.8 Å². The fourth-order valence-corrected chi connectivity index (χ4v) is 6.67. The van der Waals surface area contributed by atoms with Gasteiger partial charge in [0.15, 0.2) is 0 Å². The Kier molecular flexibility index (Phi) is 13.5. The van der Waals surface area contributed by atoms with E-state index in [0.717, 1.165) is 38.8 Å². The summed E-state index contributed by atoms with van der Waals surface area (Å²) < 4.78 is 11.2. The molecule has 2 N–H and O–H groups in total. The molecule has 3 heterocycles. The molecule has 2 aromatic rings. The molecule has 2 saturated heterocycles. The lowest BCUT2D eigenvalue weighted by atomic mass is 9.87. The third kappa shape index (κ3) is 12.0. The lowest BCUT2D eigenvalue weighted by Crippen LogP contribution is -2.46. The number of benzene rings is 1. The van der Waals surface area contributed by atoms with Gasteiger partial charge in [0.1, 0.15) is 17.1 Å². The van der Waals surface area contributed by atoms with Crippen LogP contribution in [-0.2, 0) is 28.7 Å². The van der Waals surface area contributed by atoms with Crippen LogP contribution in [0.5, 0.6) is 5.75 Å². The number of nitrogens with zero attached hydrogens (tertiary/aromatic N) is 2. The number of esters is 2. The number of pyridine rings is 1. The zero-order valence-corrected chi connectivity index (χ0v) is 31.4. The Hall–Kier alpha value is -4.12. The molecule has 11 nitrogen and oxygen atoms in total. The van der Waals surface area contributed by atoms with Crippen LogP contribution in [0.2, 0.25) is 0 Å². The Labute approximate surface area is 302 Å². The third-order valence-electron chi connectivity index (χ3n) is 9.41. The maximum Gasteiger partial charge on any atom is 0.316 e. The second kappa shape index (κ2) is 17.4. The van der Waals surface area contributed by atoms with Gasteiger partial charge in [-0.3, -0.25) is 29.0 Å². The molecule has 11 heteroatoms. The van der Waals surface area contributed by atoms with Gasteiger partial charge >= 0.3 is 11.9 Å². The zero-order valence-electron chi connectivity index (χ0n) is 31.4. The van der Waals surface area contributed by atoms with Crippen molar-refractivity contribution in [1.29, 1.82) is 0 Å². The predicted octanol–water partition coefficient (Wildman–Crippen LogP) is 5.66. The lowest BCUT2D eigenvalue weighted by molar-refractivity contribution is -0.155. The molecule has 1 aromatic heterocycles. The van der Waals surface area contributed by atoms with E-state index in [1.165, 1.54) is 6.92 Å². The molecule has 2 aliphatic heterocycles. The number of ketones is 1. The van der Waals surface area contributed by atoms with Gasteiger partial charge in [-0.2, -0.15) is 0 Å². The Balaban J connectivity index is 1.54. The predicted molar refractivity (Wildman–Crippen MR) is 194 cm³/mol. The summed E-state index contributed by atoms with van der Waals surface area (Å²) in [6.45, 7) is 15.1. The average Bonchev–Trinajstić information content (AvgIpc) is 3.06. The Bertz CT molecular complexity index is 1550. The van der Waals surface area contributed by atoms with Crippen LogP contribution in [0.1, 0.15) is 122 Å². The normalized spacial score (nSPS) is 18.3. The number of aromatic nitrogens is 1. The van der Waals surface area contributed by atoms with E-state index in [4.69, 9.17) is 9.47 Å². The van der Waals surface area contributed by atoms with Crippen LogP contribution < -0.4 is 15.4 Å². The van der Waals surface area contributed by atoms with E-state index in [2.05, 4.69) is 15.6 Å². The van der Waals surface area contributed by atoms with Crippen LogP contribution in [0.3, 0.4) is 0 Å². The molecule has 1 aromatic carbocycles. The molecule has 2 fully saturated rings. The summed E-state index contributed by atoms with van der Waals surface area (Å²) >= 11 is 0. The van der Waals surface area contributed by atoms with Gasteiger partial charge in [0.25, 0.3) is 0 Å². The van der Waals surface area contributed by atoms with Gasteiger partial charge in [0.2, 0.25) is 11.8 Å². The summed E-state index contributed by atoms with van der Waals surface area (Å²) in [6.07, 6.45) is 7.88. The lowest BCUT2D eigenvalue weighted by Gasteiger charge is -2.33. The van der Waals surface area contributed by atoms with Crippen LogP contribution in [0, 0.1) is 17.3 Å². The molecule has 4 rings (SSSR count). The Morgan fingerprint density at radius 2 is 1.67 bits per heavy atom. The first kappa shape index (κ1) is 39.7. The number of hydrogen-bond donors (Lipinski definition) is 2. The molecule has 2 aliphatic rings. The minimum atomic E-state index is -0.794. The zero-order chi connectivity index (χ0) is 37.3. The van der Waals surface area contributed by atoms with Crippen molar-refractivity contribution in [2.75, 3.05) is 26.2 Å². The van der Waals surface area contributed by atoms with Gasteiger partial charge in [0, 0.05) is 31.9 Å². The number of piperidine rings is 2. The molecule has 0 spiro atoms. The van der Waals surface area contributed by atoms with Crippen LogP contribution in [0.15, 0.2) is 42.7 Å². The van der Waals surface area contributed by atoms with Crippen molar-refractivity contribution >= 4 is 29.5 Å². The number of rotatable bonds is 12. The quantitative estimate of drug-likeness (QED) is 0.211. The molecule has 3 atom stereocenters. The van der Waals surface area contributed by atoms with Crippen molar-refractivity contribution in [3.8, 4) is 5.75 Å². The molecule has 51 heavy (non-hydrogen) atoms. The fourth-order valence-electron chi connectivity index (χ4n) is 6.67. The average molecular weight is 705 g/mol. The molecule has 1 unspecified atom stereocenters.